The molecule has 7 nitrogen and oxygen atoms in total. The Labute approximate surface area is 176 Å². The molecule has 0 aromatic heterocycles. The van der Waals surface area contributed by atoms with E-state index in [-0.39, 0.29) is 28.7 Å². The molecule has 0 aliphatic heterocycles. The summed E-state index contributed by atoms with van der Waals surface area (Å²) in [5.41, 5.74) is 2.96. The number of aryl methyl sites for hydroxylation is 1. The molecule has 0 bridgehead atoms. The summed E-state index contributed by atoms with van der Waals surface area (Å²) < 4.78 is 15.2. The average Bonchev–Trinajstić information content (AvgIpc) is 2.73. The lowest BCUT2D eigenvalue weighted by atomic mass is 9.98. The first-order chi connectivity index (χ1) is 14.2. The number of amides is 1. The van der Waals surface area contributed by atoms with Crippen LogP contribution in [0.25, 0.3) is 0 Å². The second-order valence-corrected chi connectivity index (χ2v) is 7.17. The van der Waals surface area contributed by atoms with Gasteiger partial charge >= 0.3 is 11.9 Å². The molecular formula is C23H27NO6. The molecule has 0 spiro atoms. The van der Waals surface area contributed by atoms with Crippen LogP contribution in [-0.4, -0.2) is 38.2 Å². The highest BCUT2D eigenvalue weighted by atomic mass is 16.5. The number of para-hydroxylation sites is 1. The van der Waals surface area contributed by atoms with Crippen molar-refractivity contribution in [2.45, 2.75) is 39.7 Å². The zero-order valence-electron chi connectivity index (χ0n) is 18.1. The fourth-order valence-electron chi connectivity index (χ4n) is 2.96. The lowest BCUT2D eigenvalue weighted by Gasteiger charge is -2.20. The van der Waals surface area contributed by atoms with Crippen LogP contribution in [0.3, 0.4) is 0 Å². The first-order valence-corrected chi connectivity index (χ1v) is 9.56. The number of methoxy groups -OCH3 is 2. The van der Waals surface area contributed by atoms with E-state index < -0.39 is 18.0 Å². The van der Waals surface area contributed by atoms with E-state index in [1.54, 1.807) is 6.92 Å². The van der Waals surface area contributed by atoms with E-state index in [0.717, 1.165) is 16.8 Å². The van der Waals surface area contributed by atoms with Crippen LogP contribution in [0.1, 0.15) is 58.5 Å². The van der Waals surface area contributed by atoms with E-state index in [0.29, 0.717) is 0 Å². The van der Waals surface area contributed by atoms with Crippen LogP contribution in [0.15, 0.2) is 36.4 Å². The molecule has 7 heteroatoms. The van der Waals surface area contributed by atoms with Crippen LogP contribution in [0.4, 0.5) is 5.69 Å². The Morgan fingerprint density at radius 1 is 0.900 bits per heavy atom. The van der Waals surface area contributed by atoms with Crippen molar-refractivity contribution in [3.05, 3.63) is 58.7 Å². The molecule has 0 saturated carbocycles. The number of hydrogen-bond acceptors (Lipinski definition) is 6. The Morgan fingerprint density at radius 3 is 1.97 bits per heavy atom. The standard InChI is InChI=1S/C23H27NO6/c1-13(2)19-9-7-8-14(3)20(19)24-21(25)15(4)30-18-11-16(22(26)28-5)10-17(12-18)23(27)29-6/h7-13,15H,1-6H3,(H,24,25)/t15-/m1/s1. The number of benzene rings is 2. The molecule has 30 heavy (non-hydrogen) atoms. The lowest BCUT2D eigenvalue weighted by molar-refractivity contribution is -0.122. The third kappa shape index (κ3) is 5.37. The second-order valence-electron chi connectivity index (χ2n) is 7.17. The minimum Gasteiger partial charge on any atom is -0.481 e. The van der Waals surface area contributed by atoms with Gasteiger partial charge in [0.1, 0.15) is 5.75 Å². The predicted molar refractivity (Wildman–Crippen MR) is 113 cm³/mol. The van der Waals surface area contributed by atoms with Crippen molar-refractivity contribution in [2.24, 2.45) is 0 Å². The minimum atomic E-state index is -0.886. The third-order valence-electron chi connectivity index (χ3n) is 4.61. The monoisotopic (exact) mass is 413 g/mol. The molecule has 0 heterocycles. The predicted octanol–water partition coefficient (Wildman–Crippen LogP) is 4.10. The summed E-state index contributed by atoms with van der Waals surface area (Å²) in [4.78, 5) is 36.6. The molecule has 1 amide bonds. The number of rotatable bonds is 7. The third-order valence-corrected chi connectivity index (χ3v) is 4.61. The summed E-state index contributed by atoms with van der Waals surface area (Å²) in [6.07, 6.45) is -0.886. The summed E-state index contributed by atoms with van der Waals surface area (Å²) in [7, 11) is 2.47. The number of carbonyl (C=O) groups excluding carboxylic acids is 3. The highest BCUT2D eigenvalue weighted by Crippen LogP contribution is 2.28. The Balaban J connectivity index is 2.27. The number of hydrogen-bond donors (Lipinski definition) is 1. The van der Waals surface area contributed by atoms with Gasteiger partial charge in [0.05, 0.1) is 25.3 Å². The largest absolute Gasteiger partial charge is 0.481 e. The Hall–Kier alpha value is -3.35. The van der Waals surface area contributed by atoms with E-state index in [4.69, 9.17) is 14.2 Å². The highest BCUT2D eigenvalue weighted by molar-refractivity contribution is 5.97. The van der Waals surface area contributed by atoms with Gasteiger partial charge < -0.3 is 19.5 Å². The van der Waals surface area contributed by atoms with E-state index in [9.17, 15) is 14.4 Å². The second kappa shape index (κ2) is 9.91. The summed E-state index contributed by atoms with van der Waals surface area (Å²) in [5.74, 6) is -1.21. The number of nitrogens with one attached hydrogen (secondary N) is 1. The van der Waals surface area contributed by atoms with Gasteiger partial charge in [0, 0.05) is 5.69 Å². The Kier molecular flexibility index (Phi) is 7.58. The van der Waals surface area contributed by atoms with Gasteiger partial charge in [0.2, 0.25) is 0 Å². The Bertz CT molecular complexity index is 916. The SMILES string of the molecule is COC(=O)c1cc(O[C@H](C)C(=O)Nc2c(C)cccc2C(C)C)cc(C(=O)OC)c1. The van der Waals surface area contributed by atoms with Gasteiger partial charge in [0.25, 0.3) is 5.91 Å². The van der Waals surface area contributed by atoms with E-state index in [1.165, 1.54) is 32.4 Å². The average molecular weight is 413 g/mol. The van der Waals surface area contributed by atoms with Crippen molar-refractivity contribution in [3.8, 4) is 5.75 Å². The molecule has 1 N–H and O–H groups in total. The molecule has 0 fully saturated rings. The van der Waals surface area contributed by atoms with Crippen molar-refractivity contribution in [3.63, 3.8) is 0 Å². The smallest absolute Gasteiger partial charge is 0.338 e. The fourth-order valence-corrected chi connectivity index (χ4v) is 2.96. The molecule has 160 valence electrons. The molecule has 0 radical (unpaired) electrons. The molecule has 0 aliphatic rings. The molecule has 2 rings (SSSR count). The van der Waals surface area contributed by atoms with Gasteiger partial charge in [-0.25, -0.2) is 9.59 Å². The minimum absolute atomic E-state index is 0.115. The van der Waals surface area contributed by atoms with Crippen LogP contribution >= 0.6 is 0 Å². The van der Waals surface area contributed by atoms with Gasteiger partial charge in [-0.05, 0) is 49.1 Å². The van der Waals surface area contributed by atoms with Gasteiger partial charge in [-0.15, -0.1) is 0 Å². The fraction of sp³-hybridized carbons (Fsp3) is 0.348. The van der Waals surface area contributed by atoms with E-state index in [2.05, 4.69) is 19.2 Å². The van der Waals surface area contributed by atoms with E-state index in [1.807, 2.05) is 25.1 Å². The maximum absolute atomic E-state index is 12.8. The number of anilines is 1. The van der Waals surface area contributed by atoms with Crippen LogP contribution < -0.4 is 10.1 Å². The summed E-state index contributed by atoms with van der Waals surface area (Å²) >= 11 is 0. The van der Waals surface area contributed by atoms with Crippen LogP contribution in [0.5, 0.6) is 5.75 Å². The molecule has 0 aliphatic carbocycles. The Morgan fingerprint density at radius 2 is 1.47 bits per heavy atom. The van der Waals surface area contributed by atoms with Crippen molar-refractivity contribution < 1.29 is 28.6 Å². The first kappa shape index (κ1) is 22.9. The quantitative estimate of drug-likeness (QED) is 0.688. The number of esters is 2. The summed E-state index contributed by atoms with van der Waals surface area (Å²) in [5, 5.41) is 2.93. The van der Waals surface area contributed by atoms with Crippen molar-refractivity contribution in [1.82, 2.24) is 0 Å². The zero-order valence-corrected chi connectivity index (χ0v) is 18.1. The molecule has 2 aromatic rings. The summed E-state index contributed by atoms with van der Waals surface area (Å²) in [6, 6.07) is 10.0. The van der Waals surface area contributed by atoms with Gasteiger partial charge in [-0.3, -0.25) is 4.79 Å². The topological polar surface area (TPSA) is 90.9 Å². The van der Waals surface area contributed by atoms with Crippen molar-refractivity contribution in [2.75, 3.05) is 19.5 Å². The normalized spacial score (nSPS) is 11.6. The first-order valence-electron chi connectivity index (χ1n) is 9.56. The molecular weight excluding hydrogens is 386 g/mol. The molecule has 1 atom stereocenters. The lowest BCUT2D eigenvalue weighted by Crippen LogP contribution is -2.31. The van der Waals surface area contributed by atoms with Gasteiger partial charge in [-0.1, -0.05) is 32.0 Å². The number of ether oxygens (including phenoxy) is 3. The van der Waals surface area contributed by atoms with Crippen LogP contribution in [-0.2, 0) is 14.3 Å². The van der Waals surface area contributed by atoms with E-state index >= 15 is 0 Å². The van der Waals surface area contributed by atoms with Crippen molar-refractivity contribution in [1.29, 1.82) is 0 Å². The molecule has 2 aromatic carbocycles. The van der Waals surface area contributed by atoms with Gasteiger partial charge in [0.15, 0.2) is 6.10 Å². The van der Waals surface area contributed by atoms with Crippen molar-refractivity contribution >= 4 is 23.5 Å². The summed E-state index contributed by atoms with van der Waals surface area (Å²) in [6.45, 7) is 7.62. The number of carbonyl (C=O) groups is 3. The maximum atomic E-state index is 12.8. The van der Waals surface area contributed by atoms with Gasteiger partial charge in [-0.2, -0.15) is 0 Å². The maximum Gasteiger partial charge on any atom is 0.338 e. The highest BCUT2D eigenvalue weighted by Gasteiger charge is 2.21. The molecule has 0 saturated heterocycles. The van der Waals surface area contributed by atoms with Crippen LogP contribution in [0.2, 0.25) is 0 Å². The van der Waals surface area contributed by atoms with Crippen LogP contribution in [0, 0.1) is 6.92 Å². The zero-order chi connectivity index (χ0) is 22.4. The molecule has 0 unspecified atom stereocenters.